The van der Waals surface area contributed by atoms with Crippen molar-refractivity contribution in [1.82, 2.24) is 4.90 Å². The van der Waals surface area contributed by atoms with Crippen molar-refractivity contribution in [3.8, 4) is 0 Å². The molecule has 0 saturated heterocycles. The summed E-state index contributed by atoms with van der Waals surface area (Å²) < 4.78 is 5.17. The van der Waals surface area contributed by atoms with Crippen LogP contribution in [0, 0.1) is 0 Å². The Bertz CT molecular complexity index is 586. The molecule has 1 heterocycles. The van der Waals surface area contributed by atoms with Crippen molar-refractivity contribution in [3.63, 3.8) is 0 Å². The second-order valence-corrected chi connectivity index (χ2v) is 6.62. The summed E-state index contributed by atoms with van der Waals surface area (Å²) >= 11 is 6.00. The number of carbonyl (C=O) groups excluding carboxylic acids is 3. The third kappa shape index (κ3) is 3.47. The predicted molar refractivity (Wildman–Crippen MR) is 81.9 cm³/mol. The normalized spacial score (nSPS) is 15.7. The van der Waals surface area contributed by atoms with Crippen LogP contribution in [-0.4, -0.2) is 40.2 Å². The summed E-state index contributed by atoms with van der Waals surface area (Å²) in [6.07, 6.45) is 0.155. The number of benzene rings is 1. The maximum atomic E-state index is 12.2. The van der Waals surface area contributed by atoms with Gasteiger partial charge in [0.2, 0.25) is 0 Å². The lowest BCUT2D eigenvalue weighted by atomic mass is 10.1. The number of alkyl halides is 1. The molecule has 1 aliphatic heterocycles. The summed E-state index contributed by atoms with van der Waals surface area (Å²) in [7, 11) is 0. The van der Waals surface area contributed by atoms with Gasteiger partial charge in [-0.25, -0.2) is 0 Å². The summed E-state index contributed by atoms with van der Waals surface area (Å²) in [6.45, 7) is 5.33. The molecule has 1 unspecified atom stereocenters. The average molecular weight is 324 g/mol. The fourth-order valence-electron chi connectivity index (χ4n) is 2.17. The summed E-state index contributed by atoms with van der Waals surface area (Å²) in [5, 5.41) is -0.900. The quantitative estimate of drug-likeness (QED) is 0.485. The Morgan fingerprint density at radius 1 is 1.18 bits per heavy atom. The van der Waals surface area contributed by atoms with Gasteiger partial charge in [0.1, 0.15) is 11.0 Å². The topological polar surface area (TPSA) is 63.7 Å². The molecule has 1 atom stereocenters. The zero-order chi connectivity index (χ0) is 16.5. The minimum Gasteiger partial charge on any atom is -0.459 e. The molecule has 0 aromatic heterocycles. The second-order valence-electron chi connectivity index (χ2n) is 6.10. The van der Waals surface area contributed by atoms with Crippen molar-refractivity contribution < 1.29 is 19.1 Å². The van der Waals surface area contributed by atoms with E-state index in [9.17, 15) is 14.4 Å². The summed E-state index contributed by atoms with van der Waals surface area (Å²) in [5.74, 6) is -1.26. The number of nitrogens with zero attached hydrogens (tertiary/aromatic N) is 1. The molecule has 0 radical (unpaired) electrons. The maximum Gasteiger partial charge on any atom is 0.324 e. The van der Waals surface area contributed by atoms with Gasteiger partial charge in [0.25, 0.3) is 11.8 Å². The molecule has 118 valence electrons. The Morgan fingerprint density at radius 2 is 1.68 bits per heavy atom. The number of esters is 1. The maximum absolute atomic E-state index is 12.2. The molecule has 1 aromatic rings. The van der Waals surface area contributed by atoms with Crippen LogP contribution in [0.4, 0.5) is 0 Å². The Balaban J connectivity index is 1.97. The minimum atomic E-state index is -0.900. The molecule has 2 amide bonds. The number of amides is 2. The van der Waals surface area contributed by atoms with Gasteiger partial charge in [0.05, 0.1) is 11.1 Å². The van der Waals surface area contributed by atoms with E-state index < -0.39 is 16.9 Å². The lowest BCUT2D eigenvalue weighted by molar-refractivity contribution is -0.154. The van der Waals surface area contributed by atoms with E-state index >= 15 is 0 Å². The first-order valence-corrected chi connectivity index (χ1v) is 7.46. The number of fused-ring (bicyclic) bond motifs is 1. The first kappa shape index (κ1) is 16.5. The SMILES string of the molecule is CC(C)(C)OC(=O)C(Cl)CCN1C(=O)c2ccccc2C1=O. The van der Waals surface area contributed by atoms with Gasteiger partial charge in [-0.1, -0.05) is 12.1 Å². The lowest BCUT2D eigenvalue weighted by Gasteiger charge is -2.22. The van der Waals surface area contributed by atoms with Crippen LogP contribution in [0.2, 0.25) is 0 Å². The van der Waals surface area contributed by atoms with E-state index in [1.807, 2.05) is 0 Å². The van der Waals surface area contributed by atoms with Crippen LogP contribution in [0.15, 0.2) is 24.3 Å². The van der Waals surface area contributed by atoms with E-state index in [0.29, 0.717) is 11.1 Å². The van der Waals surface area contributed by atoms with Gasteiger partial charge in [0, 0.05) is 6.54 Å². The van der Waals surface area contributed by atoms with Crippen molar-refractivity contribution in [2.45, 2.75) is 38.2 Å². The zero-order valence-corrected chi connectivity index (χ0v) is 13.5. The highest BCUT2D eigenvalue weighted by atomic mass is 35.5. The van der Waals surface area contributed by atoms with Crippen LogP contribution in [0.1, 0.15) is 47.9 Å². The van der Waals surface area contributed by atoms with Crippen LogP contribution < -0.4 is 0 Å². The third-order valence-corrected chi connectivity index (χ3v) is 3.54. The molecular weight excluding hydrogens is 306 g/mol. The number of hydrogen-bond donors (Lipinski definition) is 0. The smallest absolute Gasteiger partial charge is 0.324 e. The monoisotopic (exact) mass is 323 g/mol. The fourth-order valence-corrected chi connectivity index (χ4v) is 2.31. The molecule has 0 fully saturated rings. The van der Waals surface area contributed by atoms with Crippen LogP contribution in [0.25, 0.3) is 0 Å². The Kier molecular flexibility index (Phi) is 4.56. The van der Waals surface area contributed by atoms with Crippen LogP contribution >= 0.6 is 11.6 Å². The number of carbonyl (C=O) groups is 3. The molecule has 5 nitrogen and oxygen atoms in total. The molecule has 0 aliphatic carbocycles. The van der Waals surface area contributed by atoms with E-state index in [1.54, 1.807) is 45.0 Å². The second kappa shape index (κ2) is 6.08. The fraction of sp³-hybridized carbons (Fsp3) is 0.438. The molecule has 0 bridgehead atoms. The molecule has 6 heteroatoms. The van der Waals surface area contributed by atoms with E-state index in [2.05, 4.69) is 0 Å². The zero-order valence-electron chi connectivity index (χ0n) is 12.8. The average Bonchev–Trinajstić information content (AvgIpc) is 2.67. The lowest BCUT2D eigenvalue weighted by Crippen LogP contribution is -2.35. The molecule has 0 saturated carbocycles. The van der Waals surface area contributed by atoms with E-state index in [1.165, 1.54) is 0 Å². The van der Waals surface area contributed by atoms with Crippen molar-refractivity contribution in [2.24, 2.45) is 0 Å². The highest BCUT2D eigenvalue weighted by molar-refractivity contribution is 6.30. The highest BCUT2D eigenvalue weighted by Gasteiger charge is 2.35. The summed E-state index contributed by atoms with van der Waals surface area (Å²) in [4.78, 5) is 37.2. The third-order valence-electron chi connectivity index (χ3n) is 3.15. The van der Waals surface area contributed by atoms with Crippen molar-refractivity contribution in [1.29, 1.82) is 0 Å². The van der Waals surface area contributed by atoms with Crippen molar-refractivity contribution in [3.05, 3.63) is 35.4 Å². The summed E-state index contributed by atoms with van der Waals surface area (Å²) in [6, 6.07) is 6.64. The molecule has 1 aliphatic rings. The number of halogens is 1. The van der Waals surface area contributed by atoms with Gasteiger partial charge < -0.3 is 4.74 Å². The number of ether oxygens (including phenoxy) is 1. The van der Waals surface area contributed by atoms with Gasteiger partial charge in [0.15, 0.2) is 0 Å². The van der Waals surface area contributed by atoms with E-state index in [4.69, 9.17) is 16.3 Å². The van der Waals surface area contributed by atoms with Gasteiger partial charge in [-0.05, 0) is 39.3 Å². The van der Waals surface area contributed by atoms with Crippen molar-refractivity contribution in [2.75, 3.05) is 6.54 Å². The van der Waals surface area contributed by atoms with Crippen LogP contribution in [0.3, 0.4) is 0 Å². The minimum absolute atomic E-state index is 0.0831. The Hall–Kier alpha value is -1.88. The van der Waals surface area contributed by atoms with Gasteiger partial charge >= 0.3 is 5.97 Å². The number of hydrogen-bond acceptors (Lipinski definition) is 4. The van der Waals surface area contributed by atoms with Crippen LogP contribution in [-0.2, 0) is 9.53 Å². The first-order valence-electron chi connectivity index (χ1n) is 7.03. The first-order chi connectivity index (χ1) is 10.2. The summed E-state index contributed by atoms with van der Waals surface area (Å²) in [5.41, 5.74) is 0.145. The van der Waals surface area contributed by atoms with Gasteiger partial charge in [-0.15, -0.1) is 11.6 Å². The van der Waals surface area contributed by atoms with Crippen molar-refractivity contribution >= 4 is 29.4 Å². The highest BCUT2D eigenvalue weighted by Crippen LogP contribution is 2.23. The van der Waals surface area contributed by atoms with Gasteiger partial charge in [-0.3, -0.25) is 19.3 Å². The Labute approximate surface area is 134 Å². The standard InChI is InChI=1S/C16H18ClNO4/c1-16(2,3)22-15(21)12(17)8-9-18-13(19)10-6-4-5-7-11(10)14(18)20/h4-7,12H,8-9H2,1-3H3. The molecule has 0 N–H and O–H groups in total. The molecule has 22 heavy (non-hydrogen) atoms. The number of imide groups is 1. The van der Waals surface area contributed by atoms with Crippen LogP contribution in [0.5, 0.6) is 0 Å². The van der Waals surface area contributed by atoms with E-state index in [-0.39, 0.29) is 24.8 Å². The predicted octanol–water partition coefficient (Wildman–Crippen LogP) is 2.62. The Morgan fingerprint density at radius 3 is 2.14 bits per heavy atom. The van der Waals surface area contributed by atoms with Gasteiger partial charge in [-0.2, -0.15) is 0 Å². The molecular formula is C16H18ClNO4. The molecule has 1 aromatic carbocycles. The molecule has 2 rings (SSSR count). The molecule has 0 spiro atoms. The largest absolute Gasteiger partial charge is 0.459 e. The van der Waals surface area contributed by atoms with E-state index in [0.717, 1.165) is 4.90 Å². The number of rotatable bonds is 4.